The Bertz CT molecular complexity index is 406. The number of carbonyl (C=O) groups is 1. The molecule has 6 atom stereocenters. The third-order valence-corrected chi connectivity index (χ3v) is 4.96. The number of carbonyl (C=O) groups excluding carboxylic acids is 1. The normalized spacial score (nSPS) is 37.4. The zero-order valence-electron chi connectivity index (χ0n) is 12.5. The Labute approximate surface area is 121 Å². The maximum Gasteiger partial charge on any atom is 0.139 e. The van der Waals surface area contributed by atoms with Gasteiger partial charge in [-0.05, 0) is 31.6 Å². The average molecular weight is 278 g/mol. The van der Waals surface area contributed by atoms with Crippen molar-refractivity contribution >= 4 is 5.78 Å². The van der Waals surface area contributed by atoms with Crippen molar-refractivity contribution < 1.29 is 15.0 Å². The highest BCUT2D eigenvalue weighted by molar-refractivity contribution is 5.90. The number of unbranched alkanes of at least 4 members (excludes halogenated alkanes) is 2. The van der Waals surface area contributed by atoms with Crippen molar-refractivity contribution in [2.75, 3.05) is 0 Å². The van der Waals surface area contributed by atoms with Gasteiger partial charge < -0.3 is 10.2 Å². The highest BCUT2D eigenvalue weighted by Crippen LogP contribution is 2.49. The molecule has 0 saturated heterocycles. The Hall–Kier alpha value is -0.850. The van der Waals surface area contributed by atoms with Gasteiger partial charge in [0, 0.05) is 11.8 Å². The minimum absolute atomic E-state index is 0.0199. The fourth-order valence-corrected chi connectivity index (χ4v) is 3.67. The second-order valence-corrected chi connectivity index (χ2v) is 6.35. The van der Waals surface area contributed by atoms with Crippen LogP contribution in [-0.2, 0) is 4.79 Å². The van der Waals surface area contributed by atoms with E-state index in [4.69, 9.17) is 0 Å². The van der Waals surface area contributed by atoms with Crippen LogP contribution in [0.5, 0.6) is 0 Å². The molecule has 0 aromatic carbocycles. The molecular weight excluding hydrogens is 252 g/mol. The zero-order chi connectivity index (χ0) is 14.7. The van der Waals surface area contributed by atoms with Gasteiger partial charge in [0.05, 0.1) is 12.0 Å². The monoisotopic (exact) mass is 278 g/mol. The first kappa shape index (κ1) is 15.5. The molecular formula is C17H26O3. The van der Waals surface area contributed by atoms with E-state index in [1.165, 1.54) is 0 Å². The summed E-state index contributed by atoms with van der Waals surface area (Å²) in [4.78, 5) is 11.8. The van der Waals surface area contributed by atoms with Gasteiger partial charge in [0.1, 0.15) is 11.9 Å². The van der Waals surface area contributed by atoms with Crippen LogP contribution in [-0.4, -0.2) is 28.2 Å². The molecule has 0 bridgehead atoms. The predicted octanol–water partition coefficient (Wildman–Crippen LogP) is 2.15. The molecule has 0 amide bonds. The SMILES string of the molecule is CCCCC[C@H](O)C#C[C@@H]1[C@H]2C(C)C(=O)[C@H]2CC[C@H]1O. The topological polar surface area (TPSA) is 57.5 Å². The second kappa shape index (κ2) is 6.74. The molecule has 0 aliphatic heterocycles. The summed E-state index contributed by atoms with van der Waals surface area (Å²) in [5.41, 5.74) is 0. The van der Waals surface area contributed by atoms with Crippen molar-refractivity contribution in [1.82, 2.24) is 0 Å². The molecule has 2 aliphatic carbocycles. The largest absolute Gasteiger partial charge is 0.392 e. The molecule has 3 nitrogen and oxygen atoms in total. The van der Waals surface area contributed by atoms with Gasteiger partial charge in [-0.25, -0.2) is 0 Å². The Kier molecular flexibility index (Phi) is 5.23. The summed E-state index contributed by atoms with van der Waals surface area (Å²) in [6, 6.07) is 0. The third-order valence-electron chi connectivity index (χ3n) is 4.96. The summed E-state index contributed by atoms with van der Waals surface area (Å²) in [5.74, 6) is 6.49. The van der Waals surface area contributed by atoms with Crippen molar-refractivity contribution in [2.45, 2.75) is 64.6 Å². The minimum atomic E-state index is -0.597. The number of rotatable bonds is 4. The second-order valence-electron chi connectivity index (χ2n) is 6.35. The van der Waals surface area contributed by atoms with Crippen LogP contribution < -0.4 is 0 Å². The number of Topliss-reactive ketones (excluding diaryl/α,β-unsaturated/α-hetero) is 1. The first-order chi connectivity index (χ1) is 9.56. The van der Waals surface area contributed by atoms with E-state index in [1.54, 1.807) is 0 Å². The Morgan fingerprint density at radius 3 is 2.80 bits per heavy atom. The first-order valence-corrected chi connectivity index (χ1v) is 7.97. The molecule has 20 heavy (non-hydrogen) atoms. The highest BCUT2D eigenvalue weighted by atomic mass is 16.3. The number of hydrogen-bond acceptors (Lipinski definition) is 3. The van der Waals surface area contributed by atoms with Crippen LogP contribution in [0.15, 0.2) is 0 Å². The molecule has 0 aromatic heterocycles. The van der Waals surface area contributed by atoms with E-state index in [1.807, 2.05) is 6.92 Å². The van der Waals surface area contributed by atoms with Crippen LogP contribution in [0.2, 0.25) is 0 Å². The highest BCUT2D eigenvalue weighted by Gasteiger charge is 2.54. The van der Waals surface area contributed by atoms with E-state index in [9.17, 15) is 15.0 Å². The van der Waals surface area contributed by atoms with Gasteiger partial charge in [0.15, 0.2) is 0 Å². The Morgan fingerprint density at radius 1 is 1.35 bits per heavy atom. The maximum atomic E-state index is 11.8. The Morgan fingerprint density at radius 2 is 2.10 bits per heavy atom. The van der Waals surface area contributed by atoms with E-state index in [2.05, 4.69) is 18.8 Å². The lowest BCUT2D eigenvalue weighted by molar-refractivity contribution is -0.151. The summed E-state index contributed by atoms with van der Waals surface area (Å²) < 4.78 is 0. The van der Waals surface area contributed by atoms with Crippen LogP contribution in [0.3, 0.4) is 0 Å². The van der Waals surface area contributed by atoms with E-state index < -0.39 is 12.2 Å². The average Bonchev–Trinajstić information content (AvgIpc) is 2.45. The molecule has 0 spiro atoms. The van der Waals surface area contributed by atoms with Crippen molar-refractivity contribution in [3.05, 3.63) is 0 Å². The number of aliphatic hydroxyl groups excluding tert-OH is 2. The first-order valence-electron chi connectivity index (χ1n) is 7.97. The van der Waals surface area contributed by atoms with E-state index in [-0.39, 0.29) is 23.7 Å². The lowest BCUT2D eigenvalue weighted by Crippen LogP contribution is -2.55. The Balaban J connectivity index is 1.95. The smallest absolute Gasteiger partial charge is 0.139 e. The van der Waals surface area contributed by atoms with Crippen molar-refractivity contribution in [3.63, 3.8) is 0 Å². The lowest BCUT2D eigenvalue weighted by Gasteiger charge is -2.49. The number of aliphatic hydroxyl groups is 2. The zero-order valence-corrected chi connectivity index (χ0v) is 12.5. The minimum Gasteiger partial charge on any atom is -0.392 e. The fraction of sp³-hybridized carbons (Fsp3) is 0.824. The van der Waals surface area contributed by atoms with E-state index in [0.29, 0.717) is 18.6 Å². The van der Waals surface area contributed by atoms with Crippen LogP contribution in [0.25, 0.3) is 0 Å². The summed E-state index contributed by atoms with van der Waals surface area (Å²) in [5, 5.41) is 20.0. The van der Waals surface area contributed by atoms with Crippen molar-refractivity contribution in [2.24, 2.45) is 23.7 Å². The summed E-state index contributed by atoms with van der Waals surface area (Å²) in [6.45, 7) is 4.07. The molecule has 3 heteroatoms. The molecule has 0 heterocycles. The standard InChI is InChI=1S/C17H26O3/c1-3-4-5-6-12(18)7-8-13-15(19)10-9-14-16(13)11(2)17(14)20/h11-16,18-19H,3-6,9-10H2,1-2H3/t11?,12-,13-,14-,15+,16+/m0/s1. The molecule has 2 aliphatic rings. The van der Waals surface area contributed by atoms with E-state index in [0.717, 1.165) is 25.7 Å². The van der Waals surface area contributed by atoms with Gasteiger partial charge in [0.25, 0.3) is 0 Å². The molecule has 2 rings (SSSR count). The molecule has 0 radical (unpaired) electrons. The summed E-state index contributed by atoms with van der Waals surface area (Å²) in [6.07, 6.45) is 4.35. The quantitative estimate of drug-likeness (QED) is 0.612. The van der Waals surface area contributed by atoms with Gasteiger partial charge >= 0.3 is 0 Å². The molecule has 1 unspecified atom stereocenters. The van der Waals surface area contributed by atoms with E-state index >= 15 is 0 Å². The lowest BCUT2D eigenvalue weighted by atomic mass is 9.53. The summed E-state index contributed by atoms with van der Waals surface area (Å²) >= 11 is 0. The van der Waals surface area contributed by atoms with Gasteiger partial charge in [-0.2, -0.15) is 0 Å². The van der Waals surface area contributed by atoms with Gasteiger partial charge in [0.2, 0.25) is 0 Å². The van der Waals surface area contributed by atoms with Gasteiger partial charge in [-0.15, -0.1) is 0 Å². The van der Waals surface area contributed by atoms with Gasteiger partial charge in [-0.3, -0.25) is 4.79 Å². The van der Waals surface area contributed by atoms with Crippen LogP contribution >= 0.6 is 0 Å². The van der Waals surface area contributed by atoms with Gasteiger partial charge in [-0.1, -0.05) is 38.5 Å². The molecule has 2 saturated carbocycles. The van der Waals surface area contributed by atoms with Crippen LogP contribution in [0.1, 0.15) is 52.4 Å². The fourth-order valence-electron chi connectivity index (χ4n) is 3.67. The van der Waals surface area contributed by atoms with Crippen molar-refractivity contribution in [3.8, 4) is 11.8 Å². The predicted molar refractivity (Wildman–Crippen MR) is 77.8 cm³/mol. The number of fused-ring (bicyclic) bond motifs is 1. The number of ketones is 1. The summed E-state index contributed by atoms with van der Waals surface area (Å²) in [7, 11) is 0. The third kappa shape index (κ3) is 3.07. The molecule has 0 aromatic rings. The number of hydrogen-bond donors (Lipinski definition) is 2. The molecule has 2 N–H and O–H groups in total. The van der Waals surface area contributed by atoms with Crippen molar-refractivity contribution in [1.29, 1.82) is 0 Å². The van der Waals surface area contributed by atoms with Crippen LogP contribution in [0.4, 0.5) is 0 Å². The molecule has 2 fully saturated rings. The molecule has 112 valence electrons. The maximum absolute atomic E-state index is 11.8. The van der Waals surface area contributed by atoms with Crippen LogP contribution in [0, 0.1) is 35.5 Å².